The van der Waals surface area contributed by atoms with Crippen molar-refractivity contribution >= 4 is 5.97 Å². The smallest absolute Gasteiger partial charge is 0.309 e. The molecule has 94 valence electrons. The highest BCUT2D eigenvalue weighted by Gasteiger charge is 2.19. The largest absolute Gasteiger partial charge is 0.493 e. The van der Waals surface area contributed by atoms with E-state index >= 15 is 0 Å². The molecule has 0 saturated carbocycles. The average molecular weight is 236 g/mol. The van der Waals surface area contributed by atoms with Crippen LogP contribution in [-0.2, 0) is 4.79 Å². The Labute approximate surface area is 102 Å². The van der Waals surface area contributed by atoms with Gasteiger partial charge in [-0.25, -0.2) is 0 Å². The topological polar surface area (TPSA) is 46.5 Å². The molecule has 0 aliphatic heterocycles. The van der Waals surface area contributed by atoms with Crippen molar-refractivity contribution in [3.63, 3.8) is 0 Å². The Morgan fingerprint density at radius 3 is 2.65 bits per heavy atom. The lowest BCUT2D eigenvalue weighted by Gasteiger charge is -2.15. The number of carboxylic acid groups (broad SMARTS) is 1. The second kappa shape index (κ2) is 6.28. The Kier molecular flexibility index (Phi) is 5.01. The SMILES string of the molecule is Cc1cccc(OCC(CC(C)C)C(=O)O)c1. The standard InChI is InChI=1S/C14H20O3/c1-10(2)7-12(14(15)16)9-17-13-6-4-5-11(3)8-13/h4-6,8,10,12H,7,9H2,1-3H3,(H,15,16). The number of ether oxygens (including phenoxy) is 1. The van der Waals surface area contributed by atoms with Crippen molar-refractivity contribution in [1.82, 2.24) is 0 Å². The van der Waals surface area contributed by atoms with Gasteiger partial charge in [0.25, 0.3) is 0 Å². The number of benzene rings is 1. The Morgan fingerprint density at radius 1 is 1.41 bits per heavy atom. The van der Waals surface area contributed by atoms with Gasteiger partial charge in [-0.1, -0.05) is 26.0 Å². The second-order valence-corrected chi connectivity index (χ2v) is 4.79. The van der Waals surface area contributed by atoms with Crippen LogP contribution in [0.3, 0.4) is 0 Å². The predicted molar refractivity (Wildman–Crippen MR) is 67.3 cm³/mol. The molecule has 1 unspecified atom stereocenters. The van der Waals surface area contributed by atoms with Crippen molar-refractivity contribution in [1.29, 1.82) is 0 Å². The van der Waals surface area contributed by atoms with E-state index in [1.54, 1.807) is 0 Å². The van der Waals surface area contributed by atoms with Crippen LogP contribution in [0.4, 0.5) is 0 Å². The van der Waals surface area contributed by atoms with Gasteiger partial charge in [-0.3, -0.25) is 4.79 Å². The molecule has 1 atom stereocenters. The molecule has 3 heteroatoms. The summed E-state index contributed by atoms with van der Waals surface area (Å²) in [5.41, 5.74) is 1.11. The van der Waals surface area contributed by atoms with Crippen molar-refractivity contribution in [2.24, 2.45) is 11.8 Å². The lowest BCUT2D eigenvalue weighted by Crippen LogP contribution is -2.23. The minimum atomic E-state index is -0.786. The highest BCUT2D eigenvalue weighted by atomic mass is 16.5. The van der Waals surface area contributed by atoms with E-state index < -0.39 is 11.9 Å². The van der Waals surface area contributed by atoms with Crippen LogP contribution in [0.15, 0.2) is 24.3 Å². The van der Waals surface area contributed by atoms with E-state index in [2.05, 4.69) is 0 Å². The zero-order valence-corrected chi connectivity index (χ0v) is 10.6. The van der Waals surface area contributed by atoms with Gasteiger partial charge in [0.05, 0.1) is 5.92 Å². The van der Waals surface area contributed by atoms with Crippen LogP contribution in [0.2, 0.25) is 0 Å². The van der Waals surface area contributed by atoms with Gasteiger partial charge in [-0.15, -0.1) is 0 Å². The molecule has 0 radical (unpaired) electrons. The molecular weight excluding hydrogens is 216 g/mol. The number of carbonyl (C=O) groups is 1. The summed E-state index contributed by atoms with van der Waals surface area (Å²) in [6, 6.07) is 7.65. The molecule has 17 heavy (non-hydrogen) atoms. The summed E-state index contributed by atoms with van der Waals surface area (Å²) in [6.45, 7) is 6.25. The van der Waals surface area contributed by atoms with Crippen LogP contribution in [0.5, 0.6) is 5.75 Å². The number of aliphatic carboxylic acids is 1. The van der Waals surface area contributed by atoms with Crippen LogP contribution in [0.25, 0.3) is 0 Å². The van der Waals surface area contributed by atoms with Crippen LogP contribution in [0, 0.1) is 18.8 Å². The second-order valence-electron chi connectivity index (χ2n) is 4.79. The van der Waals surface area contributed by atoms with E-state index in [1.807, 2.05) is 45.0 Å². The van der Waals surface area contributed by atoms with Gasteiger partial charge < -0.3 is 9.84 Å². The van der Waals surface area contributed by atoms with Crippen LogP contribution in [0.1, 0.15) is 25.8 Å². The van der Waals surface area contributed by atoms with Gasteiger partial charge in [0.15, 0.2) is 0 Å². The summed E-state index contributed by atoms with van der Waals surface area (Å²) in [4.78, 5) is 11.0. The lowest BCUT2D eigenvalue weighted by molar-refractivity contribution is -0.143. The summed E-state index contributed by atoms with van der Waals surface area (Å²) < 4.78 is 5.53. The fraction of sp³-hybridized carbons (Fsp3) is 0.500. The summed E-state index contributed by atoms with van der Waals surface area (Å²) in [5.74, 6) is -0.126. The van der Waals surface area contributed by atoms with Gasteiger partial charge in [0, 0.05) is 0 Å². The highest BCUT2D eigenvalue weighted by molar-refractivity contribution is 5.70. The molecule has 0 aromatic heterocycles. The molecular formula is C14H20O3. The molecule has 3 nitrogen and oxygen atoms in total. The molecule has 0 bridgehead atoms. The molecule has 0 aliphatic carbocycles. The maximum atomic E-state index is 11.0. The van der Waals surface area contributed by atoms with Gasteiger partial charge in [0.1, 0.15) is 12.4 Å². The first-order valence-electron chi connectivity index (χ1n) is 5.91. The summed E-state index contributed by atoms with van der Waals surface area (Å²) in [7, 11) is 0. The van der Waals surface area contributed by atoms with Crippen LogP contribution < -0.4 is 4.74 Å². The third-order valence-corrected chi connectivity index (χ3v) is 2.55. The molecule has 0 amide bonds. The molecule has 1 rings (SSSR count). The van der Waals surface area contributed by atoms with E-state index in [4.69, 9.17) is 9.84 Å². The fourth-order valence-electron chi connectivity index (χ4n) is 1.71. The van der Waals surface area contributed by atoms with E-state index in [9.17, 15) is 4.79 Å². The summed E-state index contributed by atoms with van der Waals surface area (Å²) >= 11 is 0. The molecule has 1 aromatic rings. The summed E-state index contributed by atoms with van der Waals surface area (Å²) in [6.07, 6.45) is 0.640. The lowest BCUT2D eigenvalue weighted by atomic mass is 9.98. The molecule has 0 fully saturated rings. The van der Waals surface area contributed by atoms with Crippen molar-refractivity contribution in [3.8, 4) is 5.75 Å². The van der Waals surface area contributed by atoms with E-state index in [0.29, 0.717) is 12.3 Å². The van der Waals surface area contributed by atoms with Crippen molar-refractivity contribution in [2.45, 2.75) is 27.2 Å². The normalized spacial score (nSPS) is 12.5. The van der Waals surface area contributed by atoms with Crippen molar-refractivity contribution in [3.05, 3.63) is 29.8 Å². The van der Waals surface area contributed by atoms with Gasteiger partial charge in [0.2, 0.25) is 0 Å². The predicted octanol–water partition coefficient (Wildman–Crippen LogP) is 3.12. The van der Waals surface area contributed by atoms with Gasteiger partial charge >= 0.3 is 5.97 Å². The fourth-order valence-corrected chi connectivity index (χ4v) is 1.71. The Morgan fingerprint density at radius 2 is 2.12 bits per heavy atom. The maximum absolute atomic E-state index is 11.0. The first-order chi connectivity index (χ1) is 7.99. The first kappa shape index (κ1) is 13.6. The maximum Gasteiger partial charge on any atom is 0.309 e. The zero-order chi connectivity index (χ0) is 12.8. The van der Waals surface area contributed by atoms with E-state index in [-0.39, 0.29) is 6.61 Å². The minimum absolute atomic E-state index is 0.233. The Hall–Kier alpha value is -1.51. The highest BCUT2D eigenvalue weighted by Crippen LogP contribution is 2.17. The number of rotatable bonds is 6. The Bertz CT molecular complexity index is 371. The van der Waals surface area contributed by atoms with Crippen molar-refractivity contribution in [2.75, 3.05) is 6.61 Å². The van der Waals surface area contributed by atoms with Crippen LogP contribution >= 0.6 is 0 Å². The summed E-state index contributed by atoms with van der Waals surface area (Å²) in [5, 5.41) is 9.07. The molecule has 1 aromatic carbocycles. The van der Waals surface area contributed by atoms with E-state index in [1.165, 1.54) is 0 Å². The molecule has 0 heterocycles. The zero-order valence-electron chi connectivity index (χ0n) is 10.6. The number of hydrogen-bond acceptors (Lipinski definition) is 2. The Balaban J connectivity index is 2.54. The minimum Gasteiger partial charge on any atom is -0.493 e. The first-order valence-corrected chi connectivity index (χ1v) is 5.91. The van der Waals surface area contributed by atoms with Crippen LogP contribution in [-0.4, -0.2) is 17.7 Å². The number of carboxylic acids is 1. The van der Waals surface area contributed by atoms with Crippen molar-refractivity contribution < 1.29 is 14.6 Å². The number of aryl methyl sites for hydroxylation is 1. The van der Waals surface area contributed by atoms with Gasteiger partial charge in [-0.05, 0) is 37.0 Å². The van der Waals surface area contributed by atoms with E-state index in [0.717, 1.165) is 11.3 Å². The average Bonchev–Trinajstić information content (AvgIpc) is 2.23. The third kappa shape index (κ3) is 4.89. The molecule has 1 N–H and O–H groups in total. The molecule has 0 saturated heterocycles. The third-order valence-electron chi connectivity index (χ3n) is 2.55. The molecule has 0 aliphatic rings. The number of hydrogen-bond donors (Lipinski definition) is 1. The van der Waals surface area contributed by atoms with Gasteiger partial charge in [-0.2, -0.15) is 0 Å². The monoisotopic (exact) mass is 236 g/mol. The quantitative estimate of drug-likeness (QED) is 0.825. The molecule has 0 spiro atoms.